The van der Waals surface area contributed by atoms with E-state index in [4.69, 9.17) is 5.11 Å². The summed E-state index contributed by atoms with van der Waals surface area (Å²) in [7, 11) is 0. The Balaban J connectivity index is 2.48. The summed E-state index contributed by atoms with van der Waals surface area (Å²) in [6.45, 7) is 0.658. The molecule has 0 unspecified atom stereocenters. The Morgan fingerprint density at radius 3 is 2.57 bits per heavy atom. The second kappa shape index (κ2) is 5.65. The molecule has 4 heteroatoms. The van der Waals surface area contributed by atoms with E-state index in [2.05, 4.69) is 21.2 Å². The van der Waals surface area contributed by atoms with Gasteiger partial charge in [0.2, 0.25) is 0 Å². The minimum Gasteiger partial charge on any atom is -0.508 e. The molecule has 2 N–H and O–H groups in total. The van der Waals surface area contributed by atoms with Crippen LogP contribution in [-0.2, 0) is 0 Å². The summed E-state index contributed by atoms with van der Waals surface area (Å²) in [5.74, 6) is 0.0629. The maximum Gasteiger partial charge on any atom is 0.251 e. The highest BCUT2D eigenvalue weighted by Crippen LogP contribution is 2.09. The van der Waals surface area contributed by atoms with Gasteiger partial charge in [-0.25, -0.2) is 0 Å². The van der Waals surface area contributed by atoms with E-state index in [1.165, 1.54) is 12.1 Å². The summed E-state index contributed by atoms with van der Waals surface area (Å²) in [6, 6.07) is 6.19. The van der Waals surface area contributed by atoms with E-state index in [0.29, 0.717) is 12.1 Å². The Bertz CT molecular complexity index is 297. The van der Waals surface area contributed by atoms with Crippen molar-refractivity contribution >= 4 is 21.8 Å². The van der Waals surface area contributed by atoms with E-state index in [-0.39, 0.29) is 11.7 Å². The molecule has 0 atom stereocenters. The lowest BCUT2D eigenvalue weighted by Crippen LogP contribution is -2.24. The van der Waals surface area contributed by atoms with Crippen molar-refractivity contribution in [2.45, 2.75) is 6.42 Å². The molecule has 1 aromatic rings. The van der Waals surface area contributed by atoms with E-state index in [9.17, 15) is 4.79 Å². The molecule has 1 rings (SSSR count). The Kier molecular flexibility index (Phi) is 4.46. The van der Waals surface area contributed by atoms with Gasteiger partial charge in [0.1, 0.15) is 5.75 Å². The summed E-state index contributed by atoms with van der Waals surface area (Å²) in [5.41, 5.74) is 0.567. The number of hydrogen-bond acceptors (Lipinski definition) is 2. The summed E-state index contributed by atoms with van der Waals surface area (Å²) in [4.78, 5) is 11.4. The van der Waals surface area contributed by atoms with E-state index in [1.54, 1.807) is 12.1 Å². The number of halogens is 1. The molecule has 0 aliphatic rings. The molecule has 0 fully saturated rings. The summed E-state index contributed by atoms with van der Waals surface area (Å²) < 4.78 is 0. The van der Waals surface area contributed by atoms with E-state index < -0.39 is 0 Å². The van der Waals surface area contributed by atoms with Crippen molar-refractivity contribution < 1.29 is 9.90 Å². The number of aromatic hydroxyl groups is 1. The van der Waals surface area contributed by atoms with Crippen LogP contribution in [0.4, 0.5) is 0 Å². The van der Waals surface area contributed by atoms with Gasteiger partial charge in [-0.05, 0) is 30.7 Å². The van der Waals surface area contributed by atoms with Gasteiger partial charge < -0.3 is 10.4 Å². The largest absolute Gasteiger partial charge is 0.508 e. The van der Waals surface area contributed by atoms with Gasteiger partial charge in [-0.1, -0.05) is 15.9 Å². The minimum atomic E-state index is -0.106. The molecule has 0 aromatic heterocycles. The fourth-order valence-corrected chi connectivity index (χ4v) is 1.26. The maximum atomic E-state index is 11.4. The fourth-order valence-electron chi connectivity index (χ4n) is 0.984. The average Bonchev–Trinajstić information content (AvgIpc) is 2.19. The van der Waals surface area contributed by atoms with Gasteiger partial charge in [0.15, 0.2) is 0 Å². The Labute approximate surface area is 91.3 Å². The van der Waals surface area contributed by atoms with Crippen LogP contribution in [0.2, 0.25) is 0 Å². The lowest BCUT2D eigenvalue weighted by Gasteiger charge is -2.03. The number of hydrogen-bond donors (Lipinski definition) is 2. The smallest absolute Gasteiger partial charge is 0.251 e. The third-order valence-electron chi connectivity index (χ3n) is 1.73. The number of phenols is 1. The Morgan fingerprint density at radius 1 is 1.36 bits per heavy atom. The van der Waals surface area contributed by atoms with Gasteiger partial charge in [-0.15, -0.1) is 0 Å². The molecule has 0 radical (unpaired) electrons. The summed E-state index contributed by atoms with van der Waals surface area (Å²) in [5, 5.41) is 12.7. The number of benzene rings is 1. The van der Waals surface area contributed by atoms with Crippen LogP contribution in [-0.4, -0.2) is 22.9 Å². The molecule has 1 amide bonds. The molecule has 0 aliphatic carbocycles. The number of amides is 1. The molecular weight excluding hydrogens is 246 g/mol. The third kappa shape index (κ3) is 3.38. The van der Waals surface area contributed by atoms with Gasteiger partial charge in [-0.3, -0.25) is 4.79 Å². The highest BCUT2D eigenvalue weighted by atomic mass is 79.9. The molecule has 0 saturated carbocycles. The predicted octanol–water partition coefficient (Wildman–Crippen LogP) is 1.91. The van der Waals surface area contributed by atoms with Crippen LogP contribution < -0.4 is 5.32 Å². The Morgan fingerprint density at radius 2 is 2.00 bits per heavy atom. The zero-order valence-corrected chi connectivity index (χ0v) is 9.25. The van der Waals surface area contributed by atoms with Crippen molar-refractivity contribution in [3.63, 3.8) is 0 Å². The average molecular weight is 258 g/mol. The van der Waals surface area contributed by atoms with Crippen LogP contribution in [0.15, 0.2) is 24.3 Å². The number of carbonyl (C=O) groups excluding carboxylic acids is 1. The van der Waals surface area contributed by atoms with E-state index in [0.717, 1.165) is 11.8 Å². The second-order valence-corrected chi connectivity index (χ2v) is 3.64. The van der Waals surface area contributed by atoms with Gasteiger partial charge in [0.05, 0.1) is 0 Å². The molecule has 0 bridgehead atoms. The summed E-state index contributed by atoms with van der Waals surface area (Å²) in [6.07, 6.45) is 0.907. The van der Waals surface area contributed by atoms with Crippen LogP contribution in [0.5, 0.6) is 5.75 Å². The zero-order chi connectivity index (χ0) is 10.4. The lowest BCUT2D eigenvalue weighted by molar-refractivity contribution is 0.0954. The number of phenolic OH excluding ortho intramolecular Hbond substituents is 1. The van der Waals surface area contributed by atoms with E-state index >= 15 is 0 Å². The molecule has 0 heterocycles. The number of carbonyl (C=O) groups is 1. The SMILES string of the molecule is O=C(NCCCBr)c1ccc(O)cc1. The first-order valence-corrected chi connectivity index (χ1v) is 5.49. The second-order valence-electron chi connectivity index (χ2n) is 2.85. The normalized spacial score (nSPS) is 9.79. The van der Waals surface area contributed by atoms with Crippen LogP contribution in [0.1, 0.15) is 16.8 Å². The van der Waals surface area contributed by atoms with Gasteiger partial charge in [-0.2, -0.15) is 0 Å². The van der Waals surface area contributed by atoms with Crippen molar-refractivity contribution in [3.05, 3.63) is 29.8 Å². The Hall–Kier alpha value is -1.03. The highest BCUT2D eigenvalue weighted by molar-refractivity contribution is 9.09. The highest BCUT2D eigenvalue weighted by Gasteiger charge is 2.03. The fraction of sp³-hybridized carbons (Fsp3) is 0.300. The first kappa shape index (κ1) is 11.0. The quantitative estimate of drug-likeness (QED) is 0.640. The summed E-state index contributed by atoms with van der Waals surface area (Å²) >= 11 is 3.28. The third-order valence-corrected chi connectivity index (χ3v) is 2.29. The van der Waals surface area contributed by atoms with Crippen molar-refractivity contribution in [2.75, 3.05) is 11.9 Å². The van der Waals surface area contributed by atoms with Gasteiger partial charge >= 0.3 is 0 Å². The molecule has 76 valence electrons. The molecule has 3 nitrogen and oxygen atoms in total. The lowest BCUT2D eigenvalue weighted by atomic mass is 10.2. The van der Waals surface area contributed by atoms with Crippen LogP contribution >= 0.6 is 15.9 Å². The minimum absolute atomic E-state index is 0.106. The van der Waals surface area contributed by atoms with Gasteiger partial charge in [0.25, 0.3) is 5.91 Å². The molecular formula is C10H12BrNO2. The number of rotatable bonds is 4. The first-order chi connectivity index (χ1) is 6.74. The topological polar surface area (TPSA) is 49.3 Å². The van der Waals surface area contributed by atoms with Crippen molar-refractivity contribution in [1.82, 2.24) is 5.32 Å². The van der Waals surface area contributed by atoms with Gasteiger partial charge in [0, 0.05) is 17.4 Å². The molecule has 14 heavy (non-hydrogen) atoms. The number of alkyl halides is 1. The first-order valence-electron chi connectivity index (χ1n) is 4.37. The molecule has 0 aliphatic heterocycles. The monoisotopic (exact) mass is 257 g/mol. The maximum absolute atomic E-state index is 11.4. The van der Waals surface area contributed by atoms with Crippen molar-refractivity contribution in [1.29, 1.82) is 0 Å². The molecule has 0 spiro atoms. The van der Waals surface area contributed by atoms with E-state index in [1.807, 2.05) is 0 Å². The van der Waals surface area contributed by atoms with Crippen molar-refractivity contribution in [3.8, 4) is 5.75 Å². The van der Waals surface area contributed by atoms with Crippen LogP contribution in [0.25, 0.3) is 0 Å². The number of nitrogens with one attached hydrogen (secondary N) is 1. The van der Waals surface area contributed by atoms with Crippen molar-refractivity contribution in [2.24, 2.45) is 0 Å². The molecule has 1 aromatic carbocycles. The van der Waals surface area contributed by atoms with Crippen LogP contribution in [0.3, 0.4) is 0 Å². The molecule has 0 saturated heterocycles. The zero-order valence-electron chi connectivity index (χ0n) is 7.66. The predicted molar refractivity (Wildman–Crippen MR) is 58.9 cm³/mol. The standard InChI is InChI=1S/C10H12BrNO2/c11-6-1-7-12-10(14)8-2-4-9(13)5-3-8/h2-5,13H,1,6-7H2,(H,12,14). The van der Waals surface area contributed by atoms with Crippen LogP contribution in [0, 0.1) is 0 Å².